The first kappa shape index (κ1) is 35.6. The van der Waals surface area contributed by atoms with Gasteiger partial charge in [0.15, 0.2) is 6.10 Å². The molecule has 0 aromatic heterocycles. The van der Waals surface area contributed by atoms with Gasteiger partial charge in [-0.1, -0.05) is 38.2 Å². The maximum Gasteiger partial charge on any atom is 0.405 e. The Bertz CT molecular complexity index is 1200. The molecule has 2 rings (SSSR count). The molecule has 0 saturated carbocycles. The number of aliphatic hydroxyl groups excluding tert-OH is 2. The van der Waals surface area contributed by atoms with Crippen molar-refractivity contribution in [3.63, 3.8) is 0 Å². The lowest BCUT2D eigenvalue weighted by atomic mass is 9.85. The lowest BCUT2D eigenvalue weighted by molar-refractivity contribution is -0.120. The zero-order chi connectivity index (χ0) is 32.3. The Morgan fingerprint density at radius 1 is 1.16 bits per heavy atom. The average molecular weight is 604 g/mol. The van der Waals surface area contributed by atoms with E-state index < -0.39 is 53.9 Å². The van der Waals surface area contributed by atoms with E-state index in [1.807, 2.05) is 6.92 Å². The van der Waals surface area contributed by atoms with Gasteiger partial charge in [-0.3, -0.25) is 14.4 Å². The van der Waals surface area contributed by atoms with Crippen LogP contribution in [-0.2, 0) is 28.6 Å². The van der Waals surface area contributed by atoms with Crippen LogP contribution in [0.25, 0.3) is 0 Å². The number of ether oxygens (including phenoxy) is 3. The fraction of sp³-hybridized carbons (Fsp3) is 0.548. The zero-order valence-electron chi connectivity index (χ0n) is 25.7. The minimum Gasteiger partial charge on any atom is -0.439 e. The first-order chi connectivity index (χ1) is 20.3. The highest BCUT2D eigenvalue weighted by molar-refractivity contribution is 6.23. The number of nitrogens with one attached hydrogen (secondary N) is 2. The van der Waals surface area contributed by atoms with Gasteiger partial charge in [0.25, 0.3) is 5.91 Å². The number of methoxy groups -OCH3 is 2. The molecule has 2 bridgehead atoms. The molecule has 1 heterocycles. The van der Waals surface area contributed by atoms with Gasteiger partial charge in [0, 0.05) is 50.5 Å². The van der Waals surface area contributed by atoms with Crippen LogP contribution in [-0.4, -0.2) is 85.6 Å². The average Bonchev–Trinajstić information content (AvgIpc) is 2.95. The van der Waals surface area contributed by atoms with Crippen LogP contribution in [0.4, 0.5) is 4.79 Å². The molecule has 12 heteroatoms. The summed E-state index contributed by atoms with van der Waals surface area (Å²) in [4.78, 5) is 51.4. The molecule has 2 amide bonds. The molecule has 238 valence electrons. The lowest BCUT2D eigenvalue weighted by Gasteiger charge is -2.30. The maximum absolute atomic E-state index is 13.6. The quantitative estimate of drug-likeness (QED) is 0.163. The summed E-state index contributed by atoms with van der Waals surface area (Å²) in [6.45, 7) is 7.12. The molecule has 5 unspecified atom stereocenters. The Labute approximate surface area is 252 Å². The number of fused-ring (bicyclic) bond motifs is 2. The van der Waals surface area contributed by atoms with Crippen molar-refractivity contribution in [1.82, 2.24) is 10.6 Å². The molecule has 0 spiro atoms. The van der Waals surface area contributed by atoms with Gasteiger partial charge in [-0.25, -0.2) is 4.79 Å². The Morgan fingerprint density at radius 2 is 1.86 bits per heavy atom. The molecule has 1 aliphatic heterocycles. The van der Waals surface area contributed by atoms with E-state index in [4.69, 9.17) is 19.9 Å². The maximum atomic E-state index is 13.6. The number of allylic oxidation sites excluding steroid dienone is 4. The molecule has 0 aromatic carbocycles. The molecule has 0 fully saturated rings. The zero-order valence-corrected chi connectivity index (χ0v) is 25.7. The first-order valence-electron chi connectivity index (χ1n) is 14.3. The van der Waals surface area contributed by atoms with Gasteiger partial charge in [0.05, 0.1) is 23.6 Å². The fourth-order valence-electron chi connectivity index (χ4n) is 5.07. The normalized spacial score (nSPS) is 31.3. The van der Waals surface area contributed by atoms with E-state index >= 15 is 0 Å². The highest BCUT2D eigenvalue weighted by Gasteiger charge is 2.33. The predicted octanol–water partition coefficient (Wildman–Crippen LogP) is 1.73. The molecule has 12 nitrogen and oxygen atoms in total. The summed E-state index contributed by atoms with van der Waals surface area (Å²) in [5, 5.41) is 26.0. The highest BCUT2D eigenvalue weighted by Crippen LogP contribution is 2.28. The smallest absolute Gasteiger partial charge is 0.405 e. The molecule has 0 radical (unpaired) electrons. The molecule has 6 N–H and O–H groups in total. The Balaban J connectivity index is 2.61. The minimum atomic E-state index is -1.01. The Hall–Kier alpha value is -3.58. The van der Waals surface area contributed by atoms with Crippen molar-refractivity contribution in [2.45, 2.75) is 71.4 Å². The van der Waals surface area contributed by atoms with E-state index in [1.165, 1.54) is 27.2 Å². The number of aliphatic hydroxyl groups is 2. The largest absolute Gasteiger partial charge is 0.439 e. The second kappa shape index (κ2) is 16.9. The number of hydrogen-bond donors (Lipinski definition) is 5. The molecule has 6 atom stereocenters. The second-order valence-electron chi connectivity index (χ2n) is 10.9. The van der Waals surface area contributed by atoms with E-state index in [-0.39, 0.29) is 48.0 Å². The van der Waals surface area contributed by atoms with Gasteiger partial charge in [-0.15, -0.1) is 0 Å². The topological polar surface area (TPSA) is 187 Å². The van der Waals surface area contributed by atoms with Crippen molar-refractivity contribution < 1.29 is 43.6 Å². The van der Waals surface area contributed by atoms with Crippen LogP contribution in [0.2, 0.25) is 0 Å². The summed E-state index contributed by atoms with van der Waals surface area (Å²) < 4.78 is 16.6. The second-order valence-corrected chi connectivity index (χ2v) is 10.9. The summed E-state index contributed by atoms with van der Waals surface area (Å²) in [5.74, 6) is -2.25. The number of hydrogen-bond acceptors (Lipinski definition) is 10. The lowest BCUT2D eigenvalue weighted by Crippen LogP contribution is -2.38. The Morgan fingerprint density at radius 3 is 2.47 bits per heavy atom. The minimum absolute atomic E-state index is 0.0919. The molecule has 1 aliphatic carbocycles. The van der Waals surface area contributed by atoms with Crippen LogP contribution >= 0.6 is 0 Å². The van der Waals surface area contributed by atoms with Crippen LogP contribution in [0.3, 0.4) is 0 Å². The van der Waals surface area contributed by atoms with Gasteiger partial charge >= 0.3 is 6.09 Å². The number of nitrogens with two attached hydrogens (primary N) is 1. The number of amides is 2. The molecular formula is C31H45N3O9. The van der Waals surface area contributed by atoms with Crippen molar-refractivity contribution in [3.05, 3.63) is 58.5 Å². The third-order valence-corrected chi connectivity index (χ3v) is 7.43. The van der Waals surface area contributed by atoms with Gasteiger partial charge in [0.2, 0.25) is 11.6 Å². The number of rotatable bonds is 7. The molecule has 0 aromatic rings. The fourth-order valence-corrected chi connectivity index (χ4v) is 5.07. The standard InChI is InChI=1S/C31H45N3O9/c1-17-13-21-26(33-11-8-12-35)23(36)16-22(28(21)38)34-30(39)18(2)9-7-10-24(41-5)29(43-31(32)40)20(4)15-19(3)27(37)25(14-17)42-6/h7,9-10,15-17,19,24-25,27,29,33,35,37H,8,11-14H2,1-6H3,(H2,32,40)(H,34,39)/b10-7-,18-9+,20-15+/t17?,19?,24?,25?,27?,29-/m0/s1. The number of carbonyl (C=O) groups is 4. The van der Waals surface area contributed by atoms with Gasteiger partial charge < -0.3 is 40.8 Å². The van der Waals surface area contributed by atoms with Gasteiger partial charge in [-0.05, 0) is 44.6 Å². The molecular weight excluding hydrogens is 558 g/mol. The Kier molecular flexibility index (Phi) is 14.0. The van der Waals surface area contributed by atoms with Crippen molar-refractivity contribution in [2.24, 2.45) is 17.6 Å². The third kappa shape index (κ3) is 9.99. The van der Waals surface area contributed by atoms with Crippen molar-refractivity contribution >= 4 is 23.6 Å². The summed E-state index contributed by atoms with van der Waals surface area (Å²) in [7, 11) is 2.90. The van der Waals surface area contributed by atoms with Gasteiger partial charge in [0.1, 0.15) is 6.10 Å². The summed E-state index contributed by atoms with van der Waals surface area (Å²) in [6.07, 6.45) is 3.98. The number of Topliss-reactive ketones (excluding diaryl/α,β-unsaturated/α-hetero) is 1. The van der Waals surface area contributed by atoms with Crippen molar-refractivity contribution in [3.8, 4) is 0 Å². The van der Waals surface area contributed by atoms with Crippen LogP contribution in [0.5, 0.6) is 0 Å². The van der Waals surface area contributed by atoms with Gasteiger partial charge in [-0.2, -0.15) is 0 Å². The van der Waals surface area contributed by atoms with E-state index in [1.54, 1.807) is 32.1 Å². The first-order valence-corrected chi connectivity index (χ1v) is 14.3. The monoisotopic (exact) mass is 603 g/mol. The molecule has 0 saturated heterocycles. The molecule has 2 aliphatic rings. The number of ketones is 2. The predicted molar refractivity (Wildman–Crippen MR) is 159 cm³/mol. The SMILES string of the molecule is COC1CC(C)CC2=C(NCCCO)C(=O)C=C(NC(=O)/C(C)=C/C=C\C(OC)[C@@H](OC(N)=O)/C(C)=C/C(C)C1O)C2=O. The highest BCUT2D eigenvalue weighted by atomic mass is 16.6. The summed E-state index contributed by atoms with van der Waals surface area (Å²) >= 11 is 0. The van der Waals surface area contributed by atoms with E-state index in [9.17, 15) is 29.4 Å². The van der Waals surface area contributed by atoms with Crippen molar-refractivity contribution in [2.75, 3.05) is 27.4 Å². The molecule has 43 heavy (non-hydrogen) atoms. The van der Waals surface area contributed by atoms with Crippen LogP contribution in [0.15, 0.2) is 58.5 Å². The van der Waals surface area contributed by atoms with E-state index in [2.05, 4.69) is 10.6 Å². The van der Waals surface area contributed by atoms with Crippen molar-refractivity contribution in [1.29, 1.82) is 0 Å². The van der Waals surface area contributed by atoms with Crippen LogP contribution in [0.1, 0.15) is 47.0 Å². The summed E-state index contributed by atoms with van der Waals surface area (Å²) in [5.41, 5.74) is 6.32. The number of carbonyl (C=O) groups excluding carboxylic acids is 4. The van der Waals surface area contributed by atoms with E-state index in [0.29, 0.717) is 18.4 Å². The van der Waals surface area contributed by atoms with E-state index in [0.717, 1.165) is 6.08 Å². The third-order valence-electron chi connectivity index (χ3n) is 7.43. The summed E-state index contributed by atoms with van der Waals surface area (Å²) in [6, 6.07) is 0. The number of primary amides is 1. The van der Waals surface area contributed by atoms with Crippen LogP contribution in [0, 0.1) is 11.8 Å². The van der Waals surface area contributed by atoms with Crippen LogP contribution < -0.4 is 16.4 Å².